The van der Waals surface area contributed by atoms with Crippen LogP contribution in [-0.2, 0) is 0 Å². The summed E-state index contributed by atoms with van der Waals surface area (Å²) in [6, 6.07) is 0. The lowest BCUT2D eigenvalue weighted by atomic mass is 9.99. The topological polar surface area (TPSA) is 47.4 Å². The zero-order chi connectivity index (χ0) is 14.6. The summed E-state index contributed by atoms with van der Waals surface area (Å²) >= 11 is 0. The summed E-state index contributed by atoms with van der Waals surface area (Å²) in [6.07, 6.45) is 22.5. The van der Waals surface area contributed by atoms with Gasteiger partial charge in [0.1, 0.15) is 0 Å². The van der Waals surface area contributed by atoms with Gasteiger partial charge in [0.2, 0.25) is 0 Å². The van der Waals surface area contributed by atoms with Crippen molar-refractivity contribution in [1.82, 2.24) is 15.0 Å². The molecular weight excluding hydrogens is 258 g/mol. The van der Waals surface area contributed by atoms with Crippen molar-refractivity contribution in [3.05, 3.63) is 35.7 Å². The average molecular weight is 267 g/mol. The van der Waals surface area contributed by atoms with Gasteiger partial charge in [-0.2, -0.15) is 0 Å². The molecule has 4 aromatic rings. The van der Waals surface area contributed by atoms with Crippen LogP contribution in [0.15, 0.2) is 18.6 Å². The van der Waals surface area contributed by atoms with Gasteiger partial charge in [-0.15, -0.1) is 19.3 Å². The second-order valence-corrected chi connectivity index (χ2v) is 4.79. The largest absolute Gasteiger partial charge is 0.354 e. The number of H-pyrrole nitrogens is 3. The Bertz CT molecular complexity index is 978. The lowest BCUT2D eigenvalue weighted by molar-refractivity contribution is 1.38. The van der Waals surface area contributed by atoms with Gasteiger partial charge >= 0.3 is 0 Å². The minimum atomic E-state index is 0.726. The molecule has 0 amide bonds. The van der Waals surface area contributed by atoms with Gasteiger partial charge in [-0.3, -0.25) is 0 Å². The van der Waals surface area contributed by atoms with Crippen molar-refractivity contribution < 1.29 is 0 Å². The maximum atomic E-state index is 5.60. The predicted octanol–water partition coefficient (Wildman–Crippen LogP) is 3.07. The average Bonchev–Trinajstić information content (AvgIpc) is 3.20. The van der Waals surface area contributed by atoms with Crippen molar-refractivity contribution in [3.63, 3.8) is 0 Å². The second-order valence-electron chi connectivity index (χ2n) is 4.79. The Morgan fingerprint density at radius 2 is 0.857 bits per heavy atom. The molecule has 3 heteroatoms. The van der Waals surface area contributed by atoms with Crippen LogP contribution in [0.3, 0.4) is 0 Å². The maximum absolute atomic E-state index is 5.60. The molecule has 3 N–H and O–H groups in total. The summed E-state index contributed by atoms with van der Waals surface area (Å²) in [7, 11) is 0. The Hall–Kier alpha value is -3.48. The van der Waals surface area contributed by atoms with Crippen LogP contribution >= 0.6 is 0 Å². The number of aromatic amines is 3. The molecule has 3 heterocycles. The first-order valence-corrected chi connectivity index (χ1v) is 6.35. The van der Waals surface area contributed by atoms with Gasteiger partial charge in [0, 0.05) is 50.9 Å². The standard InChI is InChI=1S/C18H9N3/c1-4-13-16-10(7-19-13)17-12(9-21-14(17)5-2)18-11(16)8-20-15(18)6-3/h1-3,7-9,19-21H. The highest BCUT2D eigenvalue weighted by atomic mass is 14.7. The Kier molecular flexibility index (Phi) is 2.03. The summed E-state index contributed by atoms with van der Waals surface area (Å²) < 4.78 is 0. The highest BCUT2D eigenvalue weighted by Crippen LogP contribution is 2.39. The van der Waals surface area contributed by atoms with Crippen LogP contribution in [0.4, 0.5) is 0 Å². The minimum absolute atomic E-state index is 0.726. The quantitative estimate of drug-likeness (QED) is 0.410. The molecule has 0 atom stereocenters. The molecule has 0 saturated carbocycles. The minimum Gasteiger partial charge on any atom is -0.354 e. The fourth-order valence-corrected chi connectivity index (χ4v) is 3.04. The van der Waals surface area contributed by atoms with Crippen LogP contribution in [0.5, 0.6) is 0 Å². The summed E-state index contributed by atoms with van der Waals surface area (Å²) in [6.45, 7) is 0. The van der Waals surface area contributed by atoms with E-state index in [9.17, 15) is 0 Å². The molecule has 0 radical (unpaired) electrons. The van der Waals surface area contributed by atoms with Crippen LogP contribution < -0.4 is 0 Å². The number of fused-ring (bicyclic) bond motifs is 6. The van der Waals surface area contributed by atoms with E-state index in [1.807, 2.05) is 18.6 Å². The third-order valence-electron chi connectivity index (χ3n) is 3.88. The van der Waals surface area contributed by atoms with E-state index in [1.165, 1.54) is 0 Å². The molecule has 1 aromatic carbocycles. The van der Waals surface area contributed by atoms with Gasteiger partial charge in [0.15, 0.2) is 0 Å². The summed E-state index contributed by atoms with van der Waals surface area (Å²) in [4.78, 5) is 9.40. The van der Waals surface area contributed by atoms with E-state index >= 15 is 0 Å². The van der Waals surface area contributed by atoms with E-state index in [2.05, 4.69) is 32.7 Å². The number of hydrogen-bond acceptors (Lipinski definition) is 0. The van der Waals surface area contributed by atoms with Crippen molar-refractivity contribution in [2.75, 3.05) is 0 Å². The van der Waals surface area contributed by atoms with Crippen molar-refractivity contribution >= 4 is 32.3 Å². The smallest absolute Gasteiger partial charge is 0.0977 e. The van der Waals surface area contributed by atoms with Gasteiger partial charge in [0.25, 0.3) is 0 Å². The van der Waals surface area contributed by atoms with E-state index in [0.717, 1.165) is 49.4 Å². The molecule has 96 valence electrons. The number of terminal acetylenes is 3. The van der Waals surface area contributed by atoms with Crippen LogP contribution in [0.2, 0.25) is 0 Å². The zero-order valence-electron chi connectivity index (χ0n) is 11.0. The van der Waals surface area contributed by atoms with Crippen LogP contribution in [0.1, 0.15) is 17.1 Å². The molecule has 0 spiro atoms. The van der Waals surface area contributed by atoms with Gasteiger partial charge < -0.3 is 15.0 Å². The Balaban J connectivity index is 2.47. The second kappa shape index (κ2) is 3.76. The number of rotatable bonds is 0. The zero-order valence-corrected chi connectivity index (χ0v) is 11.0. The highest BCUT2D eigenvalue weighted by molar-refractivity contribution is 6.28. The van der Waals surface area contributed by atoms with E-state index in [4.69, 9.17) is 19.3 Å². The van der Waals surface area contributed by atoms with E-state index in [0.29, 0.717) is 0 Å². The van der Waals surface area contributed by atoms with Crippen molar-refractivity contribution in [2.45, 2.75) is 0 Å². The maximum Gasteiger partial charge on any atom is 0.0977 e. The van der Waals surface area contributed by atoms with Crippen molar-refractivity contribution in [3.8, 4) is 37.0 Å². The van der Waals surface area contributed by atoms with Gasteiger partial charge in [-0.1, -0.05) is 17.8 Å². The summed E-state index contributed by atoms with van der Waals surface area (Å²) in [5.74, 6) is 8.04. The van der Waals surface area contributed by atoms with E-state index in [1.54, 1.807) is 0 Å². The molecule has 3 aromatic heterocycles. The molecule has 0 fully saturated rings. The van der Waals surface area contributed by atoms with Gasteiger partial charge in [-0.25, -0.2) is 0 Å². The SMILES string of the molecule is C#Cc1[nH]cc2c1c1c[nH]c(C#C)c1c1c[nH]c(C#C)c21. The Labute approximate surface area is 120 Å². The molecule has 4 rings (SSSR count). The molecular formula is C18H9N3. The first-order valence-electron chi connectivity index (χ1n) is 6.35. The van der Waals surface area contributed by atoms with Gasteiger partial charge in [0.05, 0.1) is 17.1 Å². The fraction of sp³-hybridized carbons (Fsp3) is 0. The third kappa shape index (κ3) is 1.22. The molecule has 0 bridgehead atoms. The molecule has 21 heavy (non-hydrogen) atoms. The van der Waals surface area contributed by atoms with E-state index < -0.39 is 0 Å². The molecule has 0 unspecified atom stereocenters. The highest BCUT2D eigenvalue weighted by Gasteiger charge is 2.18. The summed E-state index contributed by atoms with van der Waals surface area (Å²) in [5, 5.41) is 5.91. The third-order valence-corrected chi connectivity index (χ3v) is 3.88. The summed E-state index contributed by atoms with van der Waals surface area (Å²) in [5.41, 5.74) is 2.18. The number of aromatic nitrogens is 3. The normalized spacial score (nSPS) is 10.7. The predicted molar refractivity (Wildman–Crippen MR) is 85.8 cm³/mol. The number of nitrogens with one attached hydrogen (secondary N) is 3. The van der Waals surface area contributed by atoms with Crippen LogP contribution in [0, 0.1) is 37.0 Å². The lowest BCUT2D eigenvalue weighted by Crippen LogP contribution is -1.80. The van der Waals surface area contributed by atoms with Gasteiger partial charge in [-0.05, 0) is 0 Å². The Morgan fingerprint density at radius 3 is 1.10 bits per heavy atom. The van der Waals surface area contributed by atoms with Crippen LogP contribution in [0.25, 0.3) is 32.3 Å². The molecule has 0 aliphatic rings. The van der Waals surface area contributed by atoms with E-state index in [-0.39, 0.29) is 0 Å². The lowest BCUT2D eigenvalue weighted by Gasteiger charge is -2.00. The first kappa shape index (κ1) is 11.4. The first-order chi connectivity index (χ1) is 10.3. The fourth-order valence-electron chi connectivity index (χ4n) is 3.04. The molecule has 0 aliphatic carbocycles. The molecule has 0 saturated heterocycles. The van der Waals surface area contributed by atoms with Crippen molar-refractivity contribution in [2.24, 2.45) is 0 Å². The molecule has 0 aliphatic heterocycles. The monoisotopic (exact) mass is 267 g/mol. The van der Waals surface area contributed by atoms with Crippen molar-refractivity contribution in [1.29, 1.82) is 0 Å². The van der Waals surface area contributed by atoms with Crippen LogP contribution in [-0.4, -0.2) is 15.0 Å². The number of benzene rings is 1. The number of hydrogen-bond donors (Lipinski definition) is 3. The Morgan fingerprint density at radius 1 is 0.571 bits per heavy atom. The molecule has 3 nitrogen and oxygen atoms in total.